The van der Waals surface area contributed by atoms with Crippen molar-refractivity contribution in [2.24, 2.45) is 0 Å². The highest BCUT2D eigenvalue weighted by Crippen LogP contribution is 2.05. The number of nitrogens with one attached hydrogen (secondary N) is 1. The second kappa shape index (κ2) is 6.28. The fourth-order valence-corrected chi connectivity index (χ4v) is 1.15. The molecule has 106 valence electrons. The maximum Gasteiger partial charge on any atom is 0.358 e. The van der Waals surface area contributed by atoms with Gasteiger partial charge in [0, 0.05) is 6.54 Å². The van der Waals surface area contributed by atoms with E-state index in [1.54, 1.807) is 0 Å². The van der Waals surface area contributed by atoms with Gasteiger partial charge in [-0.15, -0.1) is 5.10 Å². The lowest BCUT2D eigenvalue weighted by atomic mass is 10.2. The first-order valence-corrected chi connectivity index (χ1v) is 5.82. The van der Waals surface area contributed by atoms with Crippen molar-refractivity contribution in [3.05, 3.63) is 11.9 Å². The largest absolute Gasteiger partial charge is 0.476 e. The van der Waals surface area contributed by atoms with Crippen LogP contribution in [0, 0.1) is 0 Å². The monoisotopic (exact) mass is 270 g/mol. The Kier molecular flexibility index (Phi) is 4.99. The Bertz CT molecular complexity index is 450. The molecule has 0 aromatic carbocycles. The van der Waals surface area contributed by atoms with Gasteiger partial charge in [0.15, 0.2) is 5.69 Å². The fraction of sp³-hybridized carbons (Fsp3) is 0.636. The summed E-state index contributed by atoms with van der Waals surface area (Å²) in [4.78, 5) is 22.0. The van der Waals surface area contributed by atoms with Crippen LogP contribution in [0.5, 0.6) is 0 Å². The van der Waals surface area contributed by atoms with E-state index in [1.165, 1.54) is 10.9 Å². The lowest BCUT2D eigenvalue weighted by Crippen LogP contribution is -2.33. The van der Waals surface area contributed by atoms with Gasteiger partial charge < -0.3 is 15.2 Å². The maximum atomic E-state index is 11.4. The molecule has 0 aliphatic carbocycles. The zero-order chi connectivity index (χ0) is 14.5. The minimum Gasteiger partial charge on any atom is -0.476 e. The van der Waals surface area contributed by atoms with Crippen LogP contribution in [0.25, 0.3) is 0 Å². The third-order valence-electron chi connectivity index (χ3n) is 2.06. The molecular formula is C11H18N4O4. The SMILES string of the molecule is CC(C)(C)OCC(=O)NCCn1cc(C(=O)O)nn1. The summed E-state index contributed by atoms with van der Waals surface area (Å²) < 4.78 is 6.66. The first-order valence-electron chi connectivity index (χ1n) is 5.82. The maximum absolute atomic E-state index is 11.4. The average molecular weight is 270 g/mol. The number of hydrogen-bond acceptors (Lipinski definition) is 5. The zero-order valence-electron chi connectivity index (χ0n) is 11.2. The van der Waals surface area contributed by atoms with E-state index in [1.807, 2.05) is 20.8 Å². The number of aromatic carboxylic acids is 1. The summed E-state index contributed by atoms with van der Waals surface area (Å²) in [6.45, 7) is 6.26. The van der Waals surface area contributed by atoms with Gasteiger partial charge in [0.25, 0.3) is 0 Å². The Hall–Kier alpha value is -1.96. The van der Waals surface area contributed by atoms with Crippen LogP contribution in [0.2, 0.25) is 0 Å². The second-order valence-electron chi connectivity index (χ2n) is 4.92. The molecule has 1 heterocycles. The smallest absolute Gasteiger partial charge is 0.358 e. The number of hydrogen-bond donors (Lipinski definition) is 2. The highest BCUT2D eigenvalue weighted by molar-refractivity contribution is 5.84. The summed E-state index contributed by atoms with van der Waals surface area (Å²) in [5.41, 5.74) is -0.484. The van der Waals surface area contributed by atoms with Gasteiger partial charge in [-0.25, -0.2) is 9.48 Å². The topological polar surface area (TPSA) is 106 Å². The molecule has 0 aliphatic rings. The molecular weight excluding hydrogens is 252 g/mol. The van der Waals surface area contributed by atoms with E-state index in [0.717, 1.165) is 0 Å². The first-order chi connectivity index (χ1) is 8.78. The minimum absolute atomic E-state index is 0.0127. The van der Waals surface area contributed by atoms with Crippen LogP contribution in [0.15, 0.2) is 6.20 Å². The number of rotatable bonds is 6. The number of nitrogens with zero attached hydrogens (tertiary/aromatic N) is 3. The Labute approximate surface area is 110 Å². The molecule has 0 radical (unpaired) electrons. The molecule has 0 aliphatic heterocycles. The summed E-state index contributed by atoms with van der Waals surface area (Å²) in [5, 5.41) is 18.4. The van der Waals surface area contributed by atoms with Crippen LogP contribution in [-0.4, -0.2) is 50.7 Å². The van der Waals surface area contributed by atoms with Gasteiger partial charge >= 0.3 is 5.97 Å². The molecule has 0 unspecified atom stereocenters. The highest BCUT2D eigenvalue weighted by Gasteiger charge is 2.12. The predicted molar refractivity (Wildman–Crippen MR) is 65.7 cm³/mol. The van der Waals surface area contributed by atoms with Crippen molar-refractivity contribution in [3.63, 3.8) is 0 Å². The van der Waals surface area contributed by atoms with Crippen LogP contribution in [0.4, 0.5) is 0 Å². The molecule has 1 aromatic heterocycles. The average Bonchev–Trinajstić information content (AvgIpc) is 2.74. The van der Waals surface area contributed by atoms with Crippen molar-refractivity contribution in [2.45, 2.75) is 32.9 Å². The Morgan fingerprint density at radius 1 is 1.47 bits per heavy atom. The van der Waals surface area contributed by atoms with E-state index in [4.69, 9.17) is 9.84 Å². The van der Waals surface area contributed by atoms with Crippen LogP contribution < -0.4 is 5.32 Å². The van der Waals surface area contributed by atoms with Gasteiger partial charge in [-0.1, -0.05) is 5.21 Å². The van der Waals surface area contributed by atoms with E-state index in [-0.39, 0.29) is 23.8 Å². The molecule has 1 aromatic rings. The van der Waals surface area contributed by atoms with Crippen molar-refractivity contribution in [3.8, 4) is 0 Å². The van der Waals surface area contributed by atoms with Crippen molar-refractivity contribution >= 4 is 11.9 Å². The van der Waals surface area contributed by atoms with E-state index >= 15 is 0 Å². The molecule has 2 N–H and O–H groups in total. The van der Waals surface area contributed by atoms with Gasteiger partial charge in [-0.2, -0.15) is 0 Å². The summed E-state index contributed by atoms with van der Waals surface area (Å²) in [5.74, 6) is -1.36. The van der Waals surface area contributed by atoms with Gasteiger partial charge in [-0.05, 0) is 20.8 Å². The Morgan fingerprint density at radius 3 is 2.68 bits per heavy atom. The zero-order valence-corrected chi connectivity index (χ0v) is 11.2. The third kappa shape index (κ3) is 5.96. The van der Waals surface area contributed by atoms with Crippen molar-refractivity contribution in [1.29, 1.82) is 0 Å². The van der Waals surface area contributed by atoms with Crippen LogP contribution in [0.3, 0.4) is 0 Å². The number of carbonyl (C=O) groups excluding carboxylic acids is 1. The Morgan fingerprint density at radius 2 is 2.16 bits per heavy atom. The summed E-state index contributed by atoms with van der Waals surface area (Å²) in [6, 6.07) is 0. The van der Waals surface area contributed by atoms with Gasteiger partial charge in [0.2, 0.25) is 5.91 Å². The molecule has 0 spiro atoms. The molecule has 19 heavy (non-hydrogen) atoms. The van der Waals surface area contributed by atoms with Gasteiger partial charge in [0.1, 0.15) is 6.61 Å². The molecule has 0 bridgehead atoms. The lowest BCUT2D eigenvalue weighted by molar-refractivity contribution is -0.130. The number of amides is 1. The molecule has 1 rings (SSSR count). The number of carbonyl (C=O) groups is 2. The number of carboxylic acid groups (broad SMARTS) is 1. The standard InChI is InChI=1S/C11H18N4O4/c1-11(2,3)19-7-9(16)12-4-5-15-6-8(10(17)18)13-14-15/h6H,4-5,7H2,1-3H3,(H,12,16)(H,17,18). The number of carboxylic acids is 1. The third-order valence-corrected chi connectivity index (χ3v) is 2.06. The molecule has 8 heteroatoms. The highest BCUT2D eigenvalue weighted by atomic mass is 16.5. The molecule has 1 amide bonds. The van der Waals surface area contributed by atoms with Crippen LogP contribution in [0.1, 0.15) is 31.3 Å². The molecule has 8 nitrogen and oxygen atoms in total. The second-order valence-corrected chi connectivity index (χ2v) is 4.92. The number of aromatic nitrogens is 3. The predicted octanol–water partition coefficient (Wildman–Crippen LogP) is -0.0924. The first kappa shape index (κ1) is 15.1. The summed E-state index contributed by atoms with van der Waals surface area (Å²) >= 11 is 0. The van der Waals surface area contributed by atoms with Crippen molar-refractivity contribution in [1.82, 2.24) is 20.3 Å². The molecule has 0 saturated heterocycles. The molecule has 0 atom stereocenters. The molecule has 0 fully saturated rings. The van der Waals surface area contributed by atoms with Crippen LogP contribution >= 0.6 is 0 Å². The van der Waals surface area contributed by atoms with E-state index in [9.17, 15) is 9.59 Å². The molecule has 0 saturated carbocycles. The van der Waals surface area contributed by atoms with E-state index < -0.39 is 5.97 Å². The summed E-state index contributed by atoms with van der Waals surface area (Å²) in [7, 11) is 0. The number of ether oxygens (including phenoxy) is 1. The minimum atomic E-state index is -1.13. The fourth-order valence-electron chi connectivity index (χ4n) is 1.15. The lowest BCUT2D eigenvalue weighted by Gasteiger charge is -2.18. The van der Waals surface area contributed by atoms with Crippen molar-refractivity contribution in [2.75, 3.05) is 13.2 Å². The van der Waals surface area contributed by atoms with Gasteiger partial charge in [-0.3, -0.25) is 4.79 Å². The quantitative estimate of drug-likeness (QED) is 0.748. The van der Waals surface area contributed by atoms with E-state index in [0.29, 0.717) is 13.1 Å². The van der Waals surface area contributed by atoms with Crippen LogP contribution in [-0.2, 0) is 16.1 Å². The van der Waals surface area contributed by atoms with E-state index in [2.05, 4.69) is 15.6 Å². The van der Waals surface area contributed by atoms with Crippen molar-refractivity contribution < 1.29 is 19.4 Å². The summed E-state index contributed by atoms with van der Waals surface area (Å²) in [6.07, 6.45) is 1.31. The van der Waals surface area contributed by atoms with Gasteiger partial charge in [0.05, 0.1) is 18.3 Å². The normalized spacial score (nSPS) is 11.3. The Balaban J connectivity index is 2.26.